The Kier molecular flexibility index (Phi) is 6.54. The van der Waals surface area contributed by atoms with Crippen LogP contribution in [0.1, 0.15) is 30.0 Å². The third-order valence-electron chi connectivity index (χ3n) is 5.28. The van der Waals surface area contributed by atoms with E-state index in [1.54, 1.807) is 6.20 Å². The molecule has 0 bridgehead atoms. The largest absolute Gasteiger partial charge is 0.354 e. The molecule has 6 heteroatoms. The van der Waals surface area contributed by atoms with Crippen molar-refractivity contribution >= 4 is 17.7 Å². The van der Waals surface area contributed by atoms with Crippen molar-refractivity contribution in [3.05, 3.63) is 84.1 Å². The van der Waals surface area contributed by atoms with Crippen molar-refractivity contribution in [2.45, 2.75) is 25.3 Å². The van der Waals surface area contributed by atoms with E-state index in [-0.39, 0.29) is 11.9 Å². The number of anilines is 2. The predicted molar refractivity (Wildman–Crippen MR) is 119 cm³/mol. The Labute approximate surface area is 177 Å². The first-order chi connectivity index (χ1) is 14.8. The lowest BCUT2D eigenvalue weighted by molar-refractivity contribution is -0.123. The first kappa shape index (κ1) is 19.9. The van der Waals surface area contributed by atoms with Gasteiger partial charge >= 0.3 is 0 Å². The first-order valence-electron chi connectivity index (χ1n) is 10.5. The summed E-state index contributed by atoms with van der Waals surface area (Å²) in [6.45, 7) is 2.13. The van der Waals surface area contributed by atoms with Gasteiger partial charge in [-0.3, -0.25) is 4.79 Å². The smallest absolute Gasteiger partial charge is 0.247 e. The number of aryl methyl sites for hydroxylation is 1. The number of piperazine rings is 1. The topological polar surface area (TPSA) is 70.2 Å². The summed E-state index contributed by atoms with van der Waals surface area (Å²) >= 11 is 0. The van der Waals surface area contributed by atoms with Crippen molar-refractivity contribution in [1.82, 2.24) is 15.3 Å². The molecule has 30 heavy (non-hydrogen) atoms. The fourth-order valence-electron chi connectivity index (χ4n) is 3.77. The van der Waals surface area contributed by atoms with Crippen LogP contribution in [-0.2, 0) is 11.2 Å². The molecule has 0 saturated carbocycles. The zero-order valence-electron chi connectivity index (χ0n) is 17.0. The van der Waals surface area contributed by atoms with E-state index < -0.39 is 0 Å². The molecule has 1 atom stereocenters. The van der Waals surface area contributed by atoms with Gasteiger partial charge in [0, 0.05) is 25.8 Å². The van der Waals surface area contributed by atoms with Gasteiger partial charge in [-0.05, 0) is 36.5 Å². The predicted octanol–water partition coefficient (Wildman–Crippen LogP) is 3.59. The van der Waals surface area contributed by atoms with Gasteiger partial charge in [-0.25, -0.2) is 4.98 Å². The summed E-state index contributed by atoms with van der Waals surface area (Å²) in [5.74, 6) is 1.37. The minimum atomic E-state index is -0.381. The van der Waals surface area contributed by atoms with E-state index in [1.165, 1.54) is 5.56 Å². The van der Waals surface area contributed by atoms with Crippen LogP contribution in [0.5, 0.6) is 0 Å². The van der Waals surface area contributed by atoms with E-state index in [0.29, 0.717) is 19.0 Å². The maximum absolute atomic E-state index is 12.6. The van der Waals surface area contributed by atoms with Crippen LogP contribution in [0.3, 0.4) is 0 Å². The van der Waals surface area contributed by atoms with Crippen LogP contribution in [0.4, 0.5) is 11.8 Å². The highest BCUT2D eigenvalue weighted by molar-refractivity contribution is 5.87. The van der Waals surface area contributed by atoms with Gasteiger partial charge in [0.25, 0.3) is 0 Å². The summed E-state index contributed by atoms with van der Waals surface area (Å²) in [5, 5.41) is 6.29. The molecule has 1 fully saturated rings. The highest BCUT2D eigenvalue weighted by atomic mass is 16.2. The fraction of sp³-hybridized carbons (Fsp3) is 0.292. The van der Waals surface area contributed by atoms with Crippen molar-refractivity contribution in [2.24, 2.45) is 0 Å². The molecule has 154 valence electrons. The summed E-state index contributed by atoms with van der Waals surface area (Å²) in [6.07, 6.45) is 4.98. The van der Waals surface area contributed by atoms with E-state index in [9.17, 15) is 4.79 Å². The summed E-state index contributed by atoms with van der Waals surface area (Å²) in [4.78, 5) is 23.7. The quantitative estimate of drug-likeness (QED) is 0.565. The van der Waals surface area contributed by atoms with Crippen LogP contribution >= 0.6 is 0 Å². The van der Waals surface area contributed by atoms with Gasteiger partial charge in [0.1, 0.15) is 11.9 Å². The number of nitrogens with one attached hydrogen (secondary N) is 2. The highest BCUT2D eigenvalue weighted by Crippen LogP contribution is 2.28. The van der Waals surface area contributed by atoms with Crippen LogP contribution in [0.25, 0.3) is 0 Å². The van der Waals surface area contributed by atoms with Crippen LogP contribution in [0, 0.1) is 0 Å². The Balaban J connectivity index is 1.37. The normalized spacial score (nSPS) is 16.2. The Morgan fingerprint density at radius 1 is 1.00 bits per heavy atom. The van der Waals surface area contributed by atoms with Crippen LogP contribution in [-0.4, -0.2) is 35.5 Å². The molecule has 6 nitrogen and oxygen atoms in total. The average molecular weight is 402 g/mol. The third-order valence-corrected chi connectivity index (χ3v) is 5.28. The van der Waals surface area contributed by atoms with Crippen LogP contribution in [0.15, 0.2) is 72.9 Å². The molecule has 1 unspecified atom stereocenters. The standard InChI is InChI=1S/C24H27N5O/c30-23-22(20-12-5-2-6-13-20)29(18-17-25-23)21-14-16-27-24(28-21)26-15-8-7-11-19-9-3-1-4-10-19/h1-6,9-10,12-14,16,22H,7-8,11,15,17-18H2,(H,25,30)(H,26,27,28). The van der Waals surface area contributed by atoms with Gasteiger partial charge in [0.2, 0.25) is 11.9 Å². The Bertz CT molecular complexity index is 948. The second-order valence-corrected chi connectivity index (χ2v) is 7.41. The molecule has 4 rings (SSSR count). The van der Waals surface area contributed by atoms with Crippen molar-refractivity contribution in [2.75, 3.05) is 29.9 Å². The molecule has 1 aliphatic rings. The van der Waals surface area contributed by atoms with E-state index in [2.05, 4.69) is 49.8 Å². The molecule has 0 radical (unpaired) electrons. The Morgan fingerprint density at radius 3 is 2.57 bits per heavy atom. The lowest BCUT2D eigenvalue weighted by Gasteiger charge is -2.36. The van der Waals surface area contributed by atoms with Crippen molar-refractivity contribution in [3.63, 3.8) is 0 Å². The number of hydrogen-bond acceptors (Lipinski definition) is 5. The maximum Gasteiger partial charge on any atom is 0.247 e. The molecular formula is C24H27N5O. The molecular weight excluding hydrogens is 374 g/mol. The highest BCUT2D eigenvalue weighted by Gasteiger charge is 2.32. The number of rotatable bonds is 8. The molecule has 2 heterocycles. The van der Waals surface area contributed by atoms with E-state index in [4.69, 9.17) is 0 Å². The maximum atomic E-state index is 12.6. The number of carbonyl (C=O) groups is 1. The lowest BCUT2D eigenvalue weighted by atomic mass is 10.0. The van der Waals surface area contributed by atoms with Gasteiger partial charge in [0.05, 0.1) is 0 Å². The number of amides is 1. The summed E-state index contributed by atoms with van der Waals surface area (Å²) < 4.78 is 0. The zero-order valence-corrected chi connectivity index (χ0v) is 17.0. The van der Waals surface area contributed by atoms with Gasteiger partial charge in [-0.15, -0.1) is 0 Å². The molecule has 1 amide bonds. The lowest BCUT2D eigenvalue weighted by Crippen LogP contribution is -2.50. The van der Waals surface area contributed by atoms with E-state index in [1.807, 2.05) is 42.5 Å². The molecule has 3 aromatic rings. The second kappa shape index (κ2) is 9.87. The van der Waals surface area contributed by atoms with Gasteiger partial charge in [-0.2, -0.15) is 4.98 Å². The number of hydrogen-bond donors (Lipinski definition) is 2. The second-order valence-electron chi connectivity index (χ2n) is 7.41. The van der Waals surface area contributed by atoms with E-state index >= 15 is 0 Å². The Hall–Kier alpha value is -3.41. The number of unbranched alkanes of at least 4 members (excludes halogenated alkanes) is 1. The Morgan fingerprint density at radius 2 is 1.77 bits per heavy atom. The number of benzene rings is 2. The molecule has 2 aromatic carbocycles. The average Bonchev–Trinajstić information content (AvgIpc) is 2.80. The molecule has 1 aromatic heterocycles. The van der Waals surface area contributed by atoms with E-state index in [0.717, 1.165) is 37.2 Å². The minimum Gasteiger partial charge on any atom is -0.354 e. The van der Waals surface area contributed by atoms with Crippen molar-refractivity contribution in [3.8, 4) is 0 Å². The molecule has 2 N–H and O–H groups in total. The minimum absolute atomic E-state index is 0.00137. The molecule has 0 spiro atoms. The molecule has 0 aliphatic carbocycles. The number of carbonyl (C=O) groups excluding carboxylic acids is 1. The van der Waals surface area contributed by atoms with Crippen molar-refractivity contribution in [1.29, 1.82) is 0 Å². The summed E-state index contributed by atoms with van der Waals surface area (Å²) in [5.41, 5.74) is 2.33. The van der Waals surface area contributed by atoms with Gasteiger partial charge in [-0.1, -0.05) is 60.7 Å². The van der Waals surface area contributed by atoms with Crippen LogP contribution < -0.4 is 15.5 Å². The van der Waals surface area contributed by atoms with Crippen LogP contribution in [0.2, 0.25) is 0 Å². The monoisotopic (exact) mass is 401 g/mol. The van der Waals surface area contributed by atoms with Gasteiger partial charge < -0.3 is 15.5 Å². The SMILES string of the molecule is O=C1NCCN(c2ccnc(NCCCCc3ccccc3)n2)C1c1ccccc1. The fourth-order valence-corrected chi connectivity index (χ4v) is 3.77. The third kappa shape index (κ3) is 4.95. The number of aromatic nitrogens is 2. The van der Waals surface area contributed by atoms with Gasteiger partial charge in [0.15, 0.2) is 0 Å². The molecule has 1 aliphatic heterocycles. The first-order valence-corrected chi connectivity index (χ1v) is 10.5. The number of nitrogens with zero attached hydrogens (tertiary/aromatic N) is 3. The molecule has 1 saturated heterocycles. The summed E-state index contributed by atoms with van der Waals surface area (Å²) in [6, 6.07) is 21.9. The zero-order chi connectivity index (χ0) is 20.6. The summed E-state index contributed by atoms with van der Waals surface area (Å²) in [7, 11) is 0. The van der Waals surface area contributed by atoms with Crippen molar-refractivity contribution < 1.29 is 4.79 Å².